The Morgan fingerprint density at radius 1 is 1.18 bits per heavy atom. The number of nitrogens with one attached hydrogen (secondary N) is 1. The van der Waals surface area contributed by atoms with Gasteiger partial charge in [0.25, 0.3) is 0 Å². The highest BCUT2D eigenvalue weighted by molar-refractivity contribution is 5.20. The standard InChI is InChI=1S/C15H25NO/c1-4-11-16-15(13(2)3)10-12-17-14-8-6-5-7-9-14/h5-9,13,15-16H,4,10-12H2,1-3H3. The zero-order valence-corrected chi connectivity index (χ0v) is 11.3. The maximum atomic E-state index is 5.73. The van der Waals surface area contributed by atoms with E-state index in [1.807, 2.05) is 30.3 Å². The SMILES string of the molecule is CCCNC(CCOc1ccccc1)C(C)C. The quantitative estimate of drug-likeness (QED) is 0.745. The van der Waals surface area contributed by atoms with Crippen molar-refractivity contribution in [2.45, 2.75) is 39.7 Å². The maximum absolute atomic E-state index is 5.73. The van der Waals surface area contributed by atoms with Crippen LogP contribution in [0.1, 0.15) is 33.6 Å². The molecular weight excluding hydrogens is 210 g/mol. The molecule has 1 aromatic carbocycles. The van der Waals surface area contributed by atoms with E-state index in [-0.39, 0.29) is 0 Å². The highest BCUT2D eigenvalue weighted by atomic mass is 16.5. The van der Waals surface area contributed by atoms with E-state index in [0.29, 0.717) is 12.0 Å². The van der Waals surface area contributed by atoms with Crippen LogP contribution in [0.2, 0.25) is 0 Å². The van der Waals surface area contributed by atoms with Gasteiger partial charge < -0.3 is 10.1 Å². The topological polar surface area (TPSA) is 21.3 Å². The summed E-state index contributed by atoms with van der Waals surface area (Å²) < 4.78 is 5.73. The minimum atomic E-state index is 0.554. The molecule has 1 rings (SSSR count). The predicted octanol–water partition coefficient (Wildman–Crippen LogP) is 3.48. The third kappa shape index (κ3) is 5.73. The monoisotopic (exact) mass is 235 g/mol. The van der Waals surface area contributed by atoms with E-state index in [1.165, 1.54) is 6.42 Å². The number of hydrogen-bond donors (Lipinski definition) is 1. The van der Waals surface area contributed by atoms with E-state index in [2.05, 4.69) is 26.1 Å². The fraction of sp³-hybridized carbons (Fsp3) is 0.600. The van der Waals surface area contributed by atoms with E-state index in [0.717, 1.165) is 25.3 Å². The number of rotatable bonds is 8. The van der Waals surface area contributed by atoms with Gasteiger partial charge in [-0.1, -0.05) is 39.0 Å². The highest BCUT2D eigenvalue weighted by Gasteiger charge is 2.11. The Balaban J connectivity index is 2.27. The molecule has 1 atom stereocenters. The van der Waals surface area contributed by atoms with Gasteiger partial charge in [-0.05, 0) is 37.4 Å². The summed E-state index contributed by atoms with van der Waals surface area (Å²) in [6, 6.07) is 10.6. The molecule has 0 aliphatic rings. The van der Waals surface area contributed by atoms with Crippen molar-refractivity contribution in [1.29, 1.82) is 0 Å². The van der Waals surface area contributed by atoms with Gasteiger partial charge in [0.2, 0.25) is 0 Å². The predicted molar refractivity (Wildman–Crippen MR) is 73.5 cm³/mol. The molecule has 0 saturated carbocycles. The second kappa shape index (κ2) is 8.13. The Hall–Kier alpha value is -1.02. The molecule has 1 N–H and O–H groups in total. The first kappa shape index (κ1) is 14.0. The summed E-state index contributed by atoms with van der Waals surface area (Å²) in [5.74, 6) is 1.62. The first-order chi connectivity index (χ1) is 8.24. The summed E-state index contributed by atoms with van der Waals surface area (Å²) in [7, 11) is 0. The van der Waals surface area contributed by atoms with Crippen LogP contribution in [-0.4, -0.2) is 19.2 Å². The van der Waals surface area contributed by atoms with E-state index < -0.39 is 0 Å². The fourth-order valence-corrected chi connectivity index (χ4v) is 1.82. The van der Waals surface area contributed by atoms with Gasteiger partial charge in [0.15, 0.2) is 0 Å². The summed E-state index contributed by atoms with van der Waals surface area (Å²) in [5.41, 5.74) is 0. The summed E-state index contributed by atoms with van der Waals surface area (Å²) >= 11 is 0. The van der Waals surface area contributed by atoms with E-state index in [9.17, 15) is 0 Å². The second-order valence-corrected chi connectivity index (χ2v) is 4.75. The second-order valence-electron chi connectivity index (χ2n) is 4.75. The molecule has 0 aromatic heterocycles. The molecule has 96 valence electrons. The van der Waals surface area contributed by atoms with Gasteiger partial charge in [-0.2, -0.15) is 0 Å². The molecule has 0 radical (unpaired) electrons. The Bertz CT molecular complexity index is 284. The van der Waals surface area contributed by atoms with Crippen LogP contribution in [0.5, 0.6) is 5.75 Å². The molecule has 2 heteroatoms. The molecule has 0 saturated heterocycles. The van der Waals surface area contributed by atoms with Crippen molar-refractivity contribution < 1.29 is 4.74 Å². The van der Waals surface area contributed by atoms with Gasteiger partial charge in [-0.15, -0.1) is 0 Å². The van der Waals surface area contributed by atoms with Crippen molar-refractivity contribution in [3.63, 3.8) is 0 Å². The average Bonchev–Trinajstić information content (AvgIpc) is 2.34. The normalized spacial score (nSPS) is 12.7. The highest BCUT2D eigenvalue weighted by Crippen LogP contribution is 2.11. The molecule has 1 aromatic rings. The number of benzene rings is 1. The van der Waals surface area contributed by atoms with Gasteiger partial charge in [0, 0.05) is 6.04 Å². The minimum Gasteiger partial charge on any atom is -0.494 e. The largest absolute Gasteiger partial charge is 0.494 e. The van der Waals surface area contributed by atoms with Crippen LogP contribution in [0.3, 0.4) is 0 Å². The maximum Gasteiger partial charge on any atom is 0.119 e. The van der Waals surface area contributed by atoms with Crippen molar-refractivity contribution in [3.05, 3.63) is 30.3 Å². The molecule has 0 heterocycles. The zero-order valence-electron chi connectivity index (χ0n) is 11.3. The lowest BCUT2D eigenvalue weighted by Gasteiger charge is -2.22. The van der Waals surface area contributed by atoms with Crippen molar-refractivity contribution in [2.24, 2.45) is 5.92 Å². The van der Waals surface area contributed by atoms with Crippen molar-refractivity contribution in [1.82, 2.24) is 5.32 Å². The van der Waals surface area contributed by atoms with E-state index in [1.54, 1.807) is 0 Å². The third-order valence-corrected chi connectivity index (χ3v) is 2.90. The average molecular weight is 235 g/mol. The first-order valence-corrected chi connectivity index (χ1v) is 6.65. The van der Waals surface area contributed by atoms with Gasteiger partial charge in [-0.25, -0.2) is 0 Å². The lowest BCUT2D eigenvalue weighted by Crippen LogP contribution is -2.35. The molecule has 0 bridgehead atoms. The lowest BCUT2D eigenvalue weighted by molar-refractivity contribution is 0.262. The van der Waals surface area contributed by atoms with Crippen LogP contribution in [0.25, 0.3) is 0 Å². The Kier molecular flexibility index (Phi) is 6.71. The molecule has 0 spiro atoms. The van der Waals surface area contributed by atoms with Crippen LogP contribution < -0.4 is 10.1 Å². The zero-order chi connectivity index (χ0) is 12.5. The first-order valence-electron chi connectivity index (χ1n) is 6.65. The molecule has 0 fully saturated rings. The molecule has 0 amide bonds. The number of ether oxygens (including phenoxy) is 1. The van der Waals surface area contributed by atoms with Gasteiger partial charge >= 0.3 is 0 Å². The molecule has 0 aliphatic heterocycles. The van der Waals surface area contributed by atoms with Gasteiger partial charge in [0.05, 0.1) is 6.61 Å². The third-order valence-electron chi connectivity index (χ3n) is 2.90. The molecule has 2 nitrogen and oxygen atoms in total. The number of hydrogen-bond acceptors (Lipinski definition) is 2. The Labute approximate surface area is 105 Å². The van der Waals surface area contributed by atoms with Crippen LogP contribution >= 0.6 is 0 Å². The minimum absolute atomic E-state index is 0.554. The number of para-hydroxylation sites is 1. The smallest absolute Gasteiger partial charge is 0.119 e. The Morgan fingerprint density at radius 2 is 1.88 bits per heavy atom. The molecule has 0 aliphatic carbocycles. The molecule has 17 heavy (non-hydrogen) atoms. The molecular formula is C15H25NO. The van der Waals surface area contributed by atoms with Gasteiger partial charge in [0.1, 0.15) is 5.75 Å². The van der Waals surface area contributed by atoms with Gasteiger partial charge in [-0.3, -0.25) is 0 Å². The van der Waals surface area contributed by atoms with Crippen LogP contribution in [0.4, 0.5) is 0 Å². The summed E-state index contributed by atoms with van der Waals surface area (Å²) in [4.78, 5) is 0. The Morgan fingerprint density at radius 3 is 2.47 bits per heavy atom. The van der Waals surface area contributed by atoms with Crippen molar-refractivity contribution in [2.75, 3.05) is 13.2 Å². The summed E-state index contributed by atoms with van der Waals surface area (Å²) in [6.07, 6.45) is 2.25. The van der Waals surface area contributed by atoms with Crippen LogP contribution in [0, 0.1) is 5.92 Å². The van der Waals surface area contributed by atoms with Crippen LogP contribution in [-0.2, 0) is 0 Å². The van der Waals surface area contributed by atoms with Crippen molar-refractivity contribution in [3.8, 4) is 5.75 Å². The fourth-order valence-electron chi connectivity index (χ4n) is 1.82. The molecule has 1 unspecified atom stereocenters. The van der Waals surface area contributed by atoms with E-state index >= 15 is 0 Å². The van der Waals surface area contributed by atoms with Crippen molar-refractivity contribution >= 4 is 0 Å². The summed E-state index contributed by atoms with van der Waals surface area (Å²) in [5, 5.41) is 3.58. The van der Waals surface area contributed by atoms with E-state index in [4.69, 9.17) is 4.74 Å². The summed E-state index contributed by atoms with van der Waals surface area (Å²) in [6.45, 7) is 8.59. The van der Waals surface area contributed by atoms with Crippen LogP contribution in [0.15, 0.2) is 30.3 Å². The lowest BCUT2D eigenvalue weighted by atomic mass is 10.0.